The molecule has 2 amide bonds. The molecule has 4 nitrogen and oxygen atoms in total. The van der Waals surface area contributed by atoms with Crippen LogP contribution in [0.2, 0.25) is 0 Å². The van der Waals surface area contributed by atoms with Gasteiger partial charge in [0, 0.05) is 12.3 Å². The molecule has 1 heterocycles. The molecular weight excluding hydrogens is 260 g/mol. The van der Waals surface area contributed by atoms with Crippen molar-refractivity contribution >= 4 is 23.6 Å². The maximum atomic E-state index is 12.6. The van der Waals surface area contributed by atoms with Crippen molar-refractivity contribution in [3.63, 3.8) is 0 Å². The normalized spacial score (nSPS) is 22.5. The molecule has 0 spiro atoms. The molecule has 1 rings (SSSR count). The Morgan fingerprint density at radius 3 is 2.37 bits per heavy atom. The van der Waals surface area contributed by atoms with Gasteiger partial charge < -0.3 is 10.2 Å². The quantitative estimate of drug-likeness (QED) is 0.779. The first kappa shape index (κ1) is 16.3. The zero-order valence-electron chi connectivity index (χ0n) is 12.5. The second-order valence-electron chi connectivity index (χ2n) is 5.04. The highest BCUT2D eigenvalue weighted by atomic mass is 32.2. The molecule has 1 atom stereocenters. The molecule has 0 aliphatic carbocycles. The molecule has 0 aromatic rings. The number of hydrogen-bond donors (Lipinski definition) is 1. The van der Waals surface area contributed by atoms with Gasteiger partial charge in [0.05, 0.1) is 0 Å². The van der Waals surface area contributed by atoms with Gasteiger partial charge in [-0.15, -0.1) is 0 Å². The highest BCUT2D eigenvalue weighted by Crippen LogP contribution is 2.29. The van der Waals surface area contributed by atoms with Crippen LogP contribution >= 0.6 is 11.8 Å². The summed E-state index contributed by atoms with van der Waals surface area (Å²) in [4.78, 5) is 26.9. The van der Waals surface area contributed by atoms with Crippen molar-refractivity contribution in [1.82, 2.24) is 10.2 Å². The molecule has 0 bridgehead atoms. The van der Waals surface area contributed by atoms with Gasteiger partial charge in [-0.3, -0.25) is 9.59 Å². The first-order chi connectivity index (χ1) is 9.07. The molecule has 1 fully saturated rings. The fourth-order valence-corrected chi connectivity index (χ4v) is 3.19. The Labute approximate surface area is 120 Å². The zero-order valence-corrected chi connectivity index (χ0v) is 13.3. The standard InChI is InChI=1S/C14H26N2O2S/c1-5-8-11-12(17)16(9-10-19-4)14(6-2,7-3)13(18)15-11/h11H,5-10H2,1-4H3,(H,15,18). The molecule has 0 saturated carbocycles. The predicted octanol–water partition coefficient (Wildman–Crippen LogP) is 2.04. The van der Waals surface area contributed by atoms with E-state index < -0.39 is 5.54 Å². The lowest BCUT2D eigenvalue weighted by Crippen LogP contribution is -2.70. The third-order valence-electron chi connectivity index (χ3n) is 4.07. The number of carbonyl (C=O) groups excluding carboxylic acids is 2. The number of amides is 2. The second-order valence-corrected chi connectivity index (χ2v) is 6.02. The van der Waals surface area contributed by atoms with Crippen LogP contribution < -0.4 is 5.32 Å². The Bertz CT molecular complexity index is 329. The number of rotatable bonds is 7. The Morgan fingerprint density at radius 1 is 1.26 bits per heavy atom. The van der Waals surface area contributed by atoms with Crippen molar-refractivity contribution in [2.45, 2.75) is 58.0 Å². The largest absolute Gasteiger partial charge is 0.342 e. The van der Waals surface area contributed by atoms with E-state index in [0.717, 1.165) is 18.6 Å². The monoisotopic (exact) mass is 286 g/mol. The SMILES string of the molecule is CCCC1NC(=O)C(CC)(CC)N(CCSC)C1=O. The summed E-state index contributed by atoms with van der Waals surface area (Å²) in [7, 11) is 0. The molecule has 1 saturated heterocycles. The first-order valence-electron chi connectivity index (χ1n) is 7.18. The van der Waals surface area contributed by atoms with Gasteiger partial charge in [0.25, 0.3) is 0 Å². The van der Waals surface area contributed by atoms with Gasteiger partial charge in [-0.05, 0) is 25.5 Å². The smallest absolute Gasteiger partial charge is 0.246 e. The predicted molar refractivity (Wildman–Crippen MR) is 80.2 cm³/mol. The van der Waals surface area contributed by atoms with Crippen molar-refractivity contribution in [1.29, 1.82) is 0 Å². The van der Waals surface area contributed by atoms with E-state index >= 15 is 0 Å². The first-order valence-corrected chi connectivity index (χ1v) is 8.58. The van der Waals surface area contributed by atoms with Crippen LogP contribution in [0.25, 0.3) is 0 Å². The minimum Gasteiger partial charge on any atom is -0.342 e. The van der Waals surface area contributed by atoms with Crippen molar-refractivity contribution in [2.75, 3.05) is 18.6 Å². The second kappa shape index (κ2) is 7.17. The van der Waals surface area contributed by atoms with Crippen LogP contribution in [0.1, 0.15) is 46.5 Å². The lowest BCUT2D eigenvalue weighted by molar-refractivity contribution is -0.158. The van der Waals surface area contributed by atoms with Gasteiger partial charge in [-0.2, -0.15) is 11.8 Å². The molecule has 1 aliphatic rings. The zero-order chi connectivity index (χ0) is 14.5. The third kappa shape index (κ3) is 3.07. The molecular formula is C14H26N2O2S. The van der Waals surface area contributed by atoms with Crippen LogP contribution in [0.3, 0.4) is 0 Å². The van der Waals surface area contributed by atoms with E-state index in [1.807, 2.05) is 31.9 Å². The van der Waals surface area contributed by atoms with E-state index in [-0.39, 0.29) is 17.9 Å². The van der Waals surface area contributed by atoms with E-state index in [0.29, 0.717) is 19.4 Å². The fourth-order valence-electron chi connectivity index (χ4n) is 2.82. The summed E-state index contributed by atoms with van der Waals surface area (Å²) in [5.74, 6) is 0.996. The number of nitrogens with zero attached hydrogens (tertiary/aromatic N) is 1. The molecule has 0 aromatic heterocycles. The lowest BCUT2D eigenvalue weighted by atomic mass is 9.85. The van der Waals surface area contributed by atoms with Gasteiger partial charge in [0.2, 0.25) is 11.8 Å². The molecule has 1 N–H and O–H groups in total. The summed E-state index contributed by atoms with van der Waals surface area (Å²) in [6, 6.07) is -0.328. The molecule has 19 heavy (non-hydrogen) atoms. The minimum atomic E-state index is -0.642. The number of hydrogen-bond acceptors (Lipinski definition) is 3. The van der Waals surface area contributed by atoms with Crippen LogP contribution in [0, 0.1) is 0 Å². The Morgan fingerprint density at radius 2 is 1.89 bits per heavy atom. The number of piperazine rings is 1. The van der Waals surface area contributed by atoms with Crippen molar-refractivity contribution in [3.8, 4) is 0 Å². The summed E-state index contributed by atoms with van der Waals surface area (Å²) >= 11 is 1.71. The van der Waals surface area contributed by atoms with Crippen LogP contribution in [0.4, 0.5) is 0 Å². The van der Waals surface area contributed by atoms with E-state index in [1.54, 1.807) is 11.8 Å². The summed E-state index contributed by atoms with van der Waals surface area (Å²) in [5.41, 5.74) is -0.642. The average Bonchev–Trinajstić information content (AvgIpc) is 2.41. The maximum Gasteiger partial charge on any atom is 0.246 e. The van der Waals surface area contributed by atoms with E-state index in [1.165, 1.54) is 0 Å². The number of thioether (sulfide) groups is 1. The Balaban J connectivity index is 3.03. The third-order valence-corrected chi connectivity index (χ3v) is 4.67. The van der Waals surface area contributed by atoms with Crippen molar-refractivity contribution < 1.29 is 9.59 Å². The van der Waals surface area contributed by atoms with E-state index in [9.17, 15) is 9.59 Å². The highest BCUT2D eigenvalue weighted by Gasteiger charge is 2.49. The fraction of sp³-hybridized carbons (Fsp3) is 0.857. The highest BCUT2D eigenvalue weighted by molar-refractivity contribution is 7.98. The topological polar surface area (TPSA) is 49.4 Å². The van der Waals surface area contributed by atoms with Crippen molar-refractivity contribution in [2.24, 2.45) is 0 Å². The molecule has 0 radical (unpaired) electrons. The summed E-state index contributed by atoms with van der Waals surface area (Å²) in [6.45, 7) is 6.67. The summed E-state index contributed by atoms with van der Waals surface area (Å²) < 4.78 is 0. The van der Waals surface area contributed by atoms with Gasteiger partial charge in [0.15, 0.2) is 0 Å². The molecule has 0 aromatic carbocycles. The van der Waals surface area contributed by atoms with Gasteiger partial charge in [-0.1, -0.05) is 27.2 Å². The Hall–Kier alpha value is -0.710. The van der Waals surface area contributed by atoms with Gasteiger partial charge >= 0.3 is 0 Å². The van der Waals surface area contributed by atoms with Crippen LogP contribution in [0.5, 0.6) is 0 Å². The van der Waals surface area contributed by atoms with Gasteiger partial charge in [0.1, 0.15) is 11.6 Å². The van der Waals surface area contributed by atoms with Crippen LogP contribution in [-0.4, -0.2) is 46.8 Å². The Kier molecular flexibility index (Phi) is 6.17. The van der Waals surface area contributed by atoms with E-state index in [4.69, 9.17) is 0 Å². The maximum absolute atomic E-state index is 12.6. The minimum absolute atomic E-state index is 0.0247. The summed E-state index contributed by atoms with van der Waals surface area (Å²) in [5, 5.41) is 2.93. The van der Waals surface area contributed by atoms with E-state index in [2.05, 4.69) is 5.32 Å². The average molecular weight is 286 g/mol. The van der Waals surface area contributed by atoms with Crippen LogP contribution in [-0.2, 0) is 9.59 Å². The number of nitrogens with one attached hydrogen (secondary N) is 1. The lowest BCUT2D eigenvalue weighted by Gasteiger charge is -2.47. The molecule has 110 valence electrons. The van der Waals surface area contributed by atoms with Gasteiger partial charge in [-0.25, -0.2) is 0 Å². The number of carbonyl (C=O) groups is 2. The van der Waals surface area contributed by atoms with Crippen LogP contribution in [0.15, 0.2) is 0 Å². The van der Waals surface area contributed by atoms with Crippen molar-refractivity contribution in [3.05, 3.63) is 0 Å². The molecule has 5 heteroatoms. The molecule has 1 aliphatic heterocycles. The summed E-state index contributed by atoms with van der Waals surface area (Å²) in [6.07, 6.45) is 5.00. The molecule has 1 unspecified atom stereocenters.